The van der Waals surface area contributed by atoms with Crippen LogP contribution in [-0.2, 0) is 19.7 Å². The largest absolute Gasteiger partial charge is 0.374 e. The SMILES string of the molecule is Cc1csc(-c2cc(=O)n(C)c3ncc(C(O)(c4ccc(Cl)cc4)c4cncn4C)cc23)c1. The molecule has 0 spiro atoms. The lowest BCUT2D eigenvalue weighted by atomic mass is 9.84. The van der Waals surface area contributed by atoms with Gasteiger partial charge in [-0.25, -0.2) is 9.97 Å². The second-order valence-corrected chi connectivity index (χ2v) is 9.49. The number of benzene rings is 1. The van der Waals surface area contributed by atoms with Crippen molar-refractivity contribution in [2.75, 3.05) is 0 Å². The van der Waals surface area contributed by atoms with Crippen molar-refractivity contribution in [1.29, 1.82) is 0 Å². The van der Waals surface area contributed by atoms with Crippen LogP contribution in [0.5, 0.6) is 0 Å². The monoisotopic (exact) mass is 476 g/mol. The summed E-state index contributed by atoms with van der Waals surface area (Å²) >= 11 is 7.70. The summed E-state index contributed by atoms with van der Waals surface area (Å²) in [6, 6.07) is 12.7. The number of thiophene rings is 1. The molecule has 0 amide bonds. The Bertz CT molecular complexity index is 1550. The Morgan fingerprint density at radius 3 is 2.45 bits per heavy atom. The average molecular weight is 477 g/mol. The number of imidazole rings is 1. The van der Waals surface area contributed by atoms with E-state index in [9.17, 15) is 9.90 Å². The number of fused-ring (bicyclic) bond motifs is 1. The van der Waals surface area contributed by atoms with Crippen molar-refractivity contribution in [3.8, 4) is 10.4 Å². The number of hydrogen-bond acceptors (Lipinski definition) is 5. The van der Waals surface area contributed by atoms with E-state index in [2.05, 4.69) is 21.4 Å². The van der Waals surface area contributed by atoms with Crippen LogP contribution in [0.3, 0.4) is 0 Å². The molecule has 0 bridgehead atoms. The Kier molecular flexibility index (Phi) is 5.20. The minimum absolute atomic E-state index is 0.136. The lowest BCUT2D eigenvalue weighted by Gasteiger charge is -2.30. The van der Waals surface area contributed by atoms with E-state index in [1.165, 1.54) is 4.57 Å². The van der Waals surface area contributed by atoms with Crippen LogP contribution in [0.15, 0.2) is 71.4 Å². The van der Waals surface area contributed by atoms with Crippen LogP contribution in [0.4, 0.5) is 0 Å². The molecule has 0 fully saturated rings. The molecule has 6 nitrogen and oxygen atoms in total. The first-order chi connectivity index (χ1) is 15.8. The summed E-state index contributed by atoms with van der Waals surface area (Å²) < 4.78 is 3.30. The Labute approximate surface area is 199 Å². The number of halogens is 1. The molecule has 1 aromatic carbocycles. The number of aryl methyl sites for hydroxylation is 3. The third-order valence-corrected chi connectivity index (χ3v) is 7.27. The fourth-order valence-electron chi connectivity index (χ4n) is 4.16. The number of aromatic nitrogens is 4. The molecular weight excluding hydrogens is 456 g/mol. The van der Waals surface area contributed by atoms with Crippen LogP contribution in [0.2, 0.25) is 5.02 Å². The van der Waals surface area contributed by atoms with Crippen molar-refractivity contribution in [2.24, 2.45) is 14.1 Å². The highest BCUT2D eigenvalue weighted by atomic mass is 35.5. The lowest BCUT2D eigenvalue weighted by Crippen LogP contribution is -2.31. The molecule has 0 aliphatic rings. The quantitative estimate of drug-likeness (QED) is 0.410. The summed E-state index contributed by atoms with van der Waals surface area (Å²) in [4.78, 5) is 22.5. The van der Waals surface area contributed by atoms with Crippen molar-refractivity contribution in [3.05, 3.63) is 104 Å². The molecule has 0 saturated heterocycles. The van der Waals surface area contributed by atoms with Crippen LogP contribution < -0.4 is 5.56 Å². The van der Waals surface area contributed by atoms with Gasteiger partial charge in [-0.2, -0.15) is 0 Å². The van der Waals surface area contributed by atoms with Crippen LogP contribution in [0.1, 0.15) is 22.4 Å². The van der Waals surface area contributed by atoms with Gasteiger partial charge < -0.3 is 9.67 Å². The molecule has 4 aromatic heterocycles. The maximum Gasteiger partial charge on any atom is 0.252 e. The molecule has 5 aromatic rings. The fourth-order valence-corrected chi connectivity index (χ4v) is 5.22. The van der Waals surface area contributed by atoms with Gasteiger partial charge in [-0.05, 0) is 47.7 Å². The zero-order chi connectivity index (χ0) is 23.3. The molecule has 4 heterocycles. The Morgan fingerprint density at radius 2 is 1.82 bits per heavy atom. The summed E-state index contributed by atoms with van der Waals surface area (Å²) in [5.74, 6) is 0. The predicted octanol–water partition coefficient (Wildman–Crippen LogP) is 4.64. The van der Waals surface area contributed by atoms with Gasteiger partial charge in [0.05, 0.1) is 18.2 Å². The van der Waals surface area contributed by atoms with Crippen molar-refractivity contribution < 1.29 is 5.11 Å². The van der Waals surface area contributed by atoms with E-state index in [1.807, 2.05) is 20.0 Å². The highest BCUT2D eigenvalue weighted by molar-refractivity contribution is 7.13. The summed E-state index contributed by atoms with van der Waals surface area (Å²) in [5.41, 5.74) is 2.59. The van der Waals surface area contributed by atoms with Crippen molar-refractivity contribution in [2.45, 2.75) is 12.5 Å². The molecule has 33 heavy (non-hydrogen) atoms. The summed E-state index contributed by atoms with van der Waals surface area (Å²) in [6.45, 7) is 2.02. The molecule has 0 aliphatic carbocycles. The third-order valence-electron chi connectivity index (χ3n) is 5.94. The first kappa shape index (κ1) is 21.6. The topological polar surface area (TPSA) is 72.9 Å². The Balaban J connectivity index is 1.83. The van der Waals surface area contributed by atoms with E-state index in [1.54, 1.807) is 72.0 Å². The van der Waals surface area contributed by atoms with Crippen LogP contribution in [-0.4, -0.2) is 24.2 Å². The molecule has 5 rings (SSSR count). The van der Waals surface area contributed by atoms with Crippen molar-refractivity contribution >= 4 is 34.0 Å². The van der Waals surface area contributed by atoms with E-state index >= 15 is 0 Å². The van der Waals surface area contributed by atoms with Crippen molar-refractivity contribution in [3.63, 3.8) is 0 Å². The fraction of sp³-hybridized carbons (Fsp3) is 0.160. The number of rotatable bonds is 4. The highest BCUT2D eigenvalue weighted by Gasteiger charge is 2.37. The first-order valence-corrected chi connectivity index (χ1v) is 11.6. The number of aliphatic hydroxyl groups is 1. The van der Waals surface area contributed by atoms with E-state index in [4.69, 9.17) is 11.6 Å². The van der Waals surface area contributed by atoms with Crippen LogP contribution in [0.25, 0.3) is 21.5 Å². The van der Waals surface area contributed by atoms with E-state index in [0.29, 0.717) is 27.5 Å². The Hall–Kier alpha value is -3.26. The zero-order valence-corrected chi connectivity index (χ0v) is 19.9. The van der Waals surface area contributed by atoms with Gasteiger partial charge in [-0.1, -0.05) is 23.7 Å². The molecule has 1 N–H and O–H groups in total. The smallest absolute Gasteiger partial charge is 0.252 e. The molecular formula is C25H21ClN4O2S. The highest BCUT2D eigenvalue weighted by Crippen LogP contribution is 2.39. The predicted molar refractivity (Wildman–Crippen MR) is 132 cm³/mol. The minimum Gasteiger partial charge on any atom is -0.374 e. The number of nitrogens with zero attached hydrogens (tertiary/aromatic N) is 4. The summed E-state index contributed by atoms with van der Waals surface area (Å²) in [5, 5.41) is 15.6. The van der Waals surface area contributed by atoms with Gasteiger partial charge in [0, 0.05) is 52.8 Å². The van der Waals surface area contributed by atoms with Gasteiger partial charge in [0.25, 0.3) is 5.56 Å². The minimum atomic E-state index is -1.53. The molecule has 1 unspecified atom stereocenters. The standard InChI is InChI=1S/C25H21ClN4O2S/c1-15-8-21(33-13-15)19-10-23(31)30(3)24-20(19)9-17(11-28-24)25(32,22-12-27-14-29(22)2)16-4-6-18(26)7-5-16/h4-14,32H,1-3H3. The maximum absolute atomic E-state index is 12.7. The zero-order valence-electron chi connectivity index (χ0n) is 18.3. The van der Waals surface area contributed by atoms with E-state index in [-0.39, 0.29) is 5.56 Å². The third kappa shape index (κ3) is 3.49. The normalized spacial score (nSPS) is 13.4. The number of pyridine rings is 2. The van der Waals surface area contributed by atoms with Crippen molar-refractivity contribution in [1.82, 2.24) is 19.1 Å². The number of hydrogen-bond donors (Lipinski definition) is 1. The first-order valence-electron chi connectivity index (χ1n) is 10.3. The van der Waals surface area contributed by atoms with Gasteiger partial charge >= 0.3 is 0 Å². The maximum atomic E-state index is 12.7. The van der Waals surface area contributed by atoms with Gasteiger partial charge in [0.1, 0.15) is 5.65 Å². The lowest BCUT2D eigenvalue weighted by molar-refractivity contribution is 0.117. The van der Waals surface area contributed by atoms with Crippen LogP contribution in [0, 0.1) is 6.92 Å². The molecule has 8 heteroatoms. The van der Waals surface area contributed by atoms with E-state index < -0.39 is 5.60 Å². The Morgan fingerprint density at radius 1 is 1.06 bits per heavy atom. The van der Waals surface area contributed by atoms with Gasteiger partial charge in [0.15, 0.2) is 5.60 Å². The van der Waals surface area contributed by atoms with Gasteiger partial charge in [-0.15, -0.1) is 11.3 Å². The summed E-state index contributed by atoms with van der Waals surface area (Å²) in [6.07, 6.45) is 4.91. The molecule has 0 radical (unpaired) electrons. The van der Waals surface area contributed by atoms with Gasteiger partial charge in [-0.3, -0.25) is 9.36 Å². The molecule has 0 aliphatic heterocycles. The van der Waals surface area contributed by atoms with Gasteiger partial charge in [0.2, 0.25) is 0 Å². The molecule has 166 valence electrons. The average Bonchev–Trinajstić information content (AvgIpc) is 3.44. The second kappa shape index (κ2) is 7.95. The molecule has 0 saturated carbocycles. The summed E-state index contributed by atoms with van der Waals surface area (Å²) in [7, 11) is 3.54. The van der Waals surface area contributed by atoms with Crippen LogP contribution >= 0.6 is 22.9 Å². The molecule has 1 atom stereocenters. The second-order valence-electron chi connectivity index (χ2n) is 8.15. The van der Waals surface area contributed by atoms with E-state index in [0.717, 1.165) is 21.4 Å².